The minimum atomic E-state index is -0.577. The average Bonchev–Trinajstić information content (AvgIpc) is 3.00. The molecule has 0 aliphatic carbocycles. The molecule has 1 heterocycles. The van der Waals surface area contributed by atoms with Gasteiger partial charge in [-0.1, -0.05) is 35.9 Å². The van der Waals surface area contributed by atoms with Crippen molar-refractivity contribution in [3.05, 3.63) is 69.7 Å². The second kappa shape index (κ2) is 8.75. The van der Waals surface area contributed by atoms with E-state index in [1.807, 2.05) is 19.1 Å². The Bertz CT molecular complexity index is 1040. The number of carbonyl (C=O) groups is 2. The van der Waals surface area contributed by atoms with E-state index in [0.717, 1.165) is 5.56 Å². The molecule has 0 saturated heterocycles. The van der Waals surface area contributed by atoms with Crippen LogP contribution in [0.15, 0.2) is 57.7 Å². The smallest absolute Gasteiger partial charge is 0.419 e. The molecule has 0 fully saturated rings. The highest BCUT2D eigenvalue weighted by atomic mass is 35.5. The van der Waals surface area contributed by atoms with Gasteiger partial charge in [-0.05, 0) is 36.8 Å². The molecule has 1 aromatic heterocycles. The predicted molar refractivity (Wildman–Crippen MR) is 104 cm³/mol. The zero-order chi connectivity index (χ0) is 20.1. The molecule has 0 saturated carbocycles. The van der Waals surface area contributed by atoms with Crippen molar-refractivity contribution in [2.75, 3.05) is 6.61 Å². The Kier molecular flexibility index (Phi) is 6.16. The van der Waals surface area contributed by atoms with E-state index in [-0.39, 0.29) is 19.0 Å². The first-order valence-corrected chi connectivity index (χ1v) is 9.10. The van der Waals surface area contributed by atoms with Gasteiger partial charge in [0, 0.05) is 11.6 Å². The van der Waals surface area contributed by atoms with Crippen molar-refractivity contribution >= 4 is 34.6 Å². The molecular weight excluding hydrogens is 384 g/mol. The quantitative estimate of drug-likeness (QED) is 0.613. The Morgan fingerprint density at radius 3 is 2.64 bits per heavy atom. The number of aromatic nitrogens is 1. The lowest BCUT2D eigenvalue weighted by Crippen LogP contribution is -2.31. The molecule has 0 unspecified atom stereocenters. The topological polar surface area (TPSA) is 90.5 Å². The Hall–Kier alpha value is -3.06. The monoisotopic (exact) mass is 402 g/mol. The van der Waals surface area contributed by atoms with Crippen molar-refractivity contribution in [1.82, 2.24) is 9.88 Å². The standard InChI is InChI=1S/C20H19ClN2O5/c1-13(14-6-8-15(21)9-7-14)22-18(24)12-27-19(25)10-11-23-16-4-2-3-5-17(16)28-20(23)26/h2-9,13H,10-12H2,1H3,(H,22,24)/t13-/m1/s1. The molecule has 1 amide bonds. The summed E-state index contributed by atoms with van der Waals surface area (Å²) in [5, 5.41) is 3.36. The van der Waals surface area contributed by atoms with Crippen LogP contribution >= 0.6 is 11.6 Å². The van der Waals surface area contributed by atoms with Gasteiger partial charge in [0.25, 0.3) is 5.91 Å². The fourth-order valence-electron chi connectivity index (χ4n) is 2.76. The number of nitrogens with one attached hydrogen (secondary N) is 1. The molecule has 1 N–H and O–H groups in total. The van der Waals surface area contributed by atoms with Crippen molar-refractivity contribution in [1.29, 1.82) is 0 Å². The molecule has 0 radical (unpaired) electrons. The fraction of sp³-hybridized carbons (Fsp3) is 0.250. The first-order chi connectivity index (χ1) is 13.4. The number of nitrogens with zero attached hydrogens (tertiary/aromatic N) is 1. The molecule has 0 aliphatic heterocycles. The van der Waals surface area contributed by atoms with Crippen LogP contribution in [0, 0.1) is 0 Å². The van der Waals surface area contributed by atoms with Crippen LogP contribution in [0.2, 0.25) is 5.02 Å². The highest BCUT2D eigenvalue weighted by Gasteiger charge is 2.14. The number of hydrogen-bond acceptors (Lipinski definition) is 5. The summed E-state index contributed by atoms with van der Waals surface area (Å²) in [7, 11) is 0. The van der Waals surface area contributed by atoms with Crippen molar-refractivity contribution in [2.24, 2.45) is 0 Å². The highest BCUT2D eigenvalue weighted by Crippen LogP contribution is 2.16. The van der Waals surface area contributed by atoms with E-state index in [2.05, 4.69) is 5.32 Å². The first-order valence-electron chi connectivity index (χ1n) is 8.73. The molecule has 2 aromatic carbocycles. The molecule has 0 aliphatic rings. The summed E-state index contributed by atoms with van der Waals surface area (Å²) in [4.78, 5) is 35.8. The summed E-state index contributed by atoms with van der Waals surface area (Å²) in [6, 6.07) is 13.8. The molecule has 146 valence electrons. The number of hydrogen-bond donors (Lipinski definition) is 1. The number of fused-ring (bicyclic) bond motifs is 1. The summed E-state index contributed by atoms with van der Waals surface area (Å²) in [5.41, 5.74) is 1.95. The van der Waals surface area contributed by atoms with E-state index in [1.54, 1.807) is 36.4 Å². The van der Waals surface area contributed by atoms with Gasteiger partial charge in [-0.2, -0.15) is 0 Å². The first kappa shape index (κ1) is 19.7. The number of ether oxygens (including phenoxy) is 1. The van der Waals surface area contributed by atoms with Crippen molar-refractivity contribution in [3.63, 3.8) is 0 Å². The Labute approximate surface area is 165 Å². The SMILES string of the molecule is C[C@@H](NC(=O)COC(=O)CCn1c(=O)oc2ccccc21)c1ccc(Cl)cc1. The zero-order valence-corrected chi connectivity index (χ0v) is 15.9. The summed E-state index contributed by atoms with van der Waals surface area (Å²) in [6.45, 7) is 1.54. The third-order valence-corrected chi connectivity index (χ3v) is 4.48. The van der Waals surface area contributed by atoms with Gasteiger partial charge in [-0.3, -0.25) is 14.2 Å². The lowest BCUT2D eigenvalue weighted by molar-refractivity contribution is -0.148. The third kappa shape index (κ3) is 4.80. The van der Waals surface area contributed by atoms with Gasteiger partial charge in [0.15, 0.2) is 12.2 Å². The molecule has 1 atom stereocenters. The molecule has 3 aromatic rings. The lowest BCUT2D eigenvalue weighted by atomic mass is 10.1. The summed E-state index contributed by atoms with van der Waals surface area (Å²) < 4.78 is 11.5. The van der Waals surface area contributed by atoms with Crippen LogP contribution in [-0.2, 0) is 20.9 Å². The molecule has 7 nitrogen and oxygen atoms in total. The minimum Gasteiger partial charge on any atom is -0.456 e. The van der Waals surface area contributed by atoms with E-state index in [9.17, 15) is 14.4 Å². The molecule has 8 heteroatoms. The van der Waals surface area contributed by atoms with E-state index < -0.39 is 24.2 Å². The number of carbonyl (C=O) groups excluding carboxylic acids is 2. The van der Waals surface area contributed by atoms with Crippen LogP contribution in [0.25, 0.3) is 11.1 Å². The maximum atomic E-state index is 12.0. The van der Waals surface area contributed by atoms with Crippen molar-refractivity contribution < 1.29 is 18.7 Å². The number of oxazole rings is 1. The van der Waals surface area contributed by atoms with Gasteiger partial charge in [0.05, 0.1) is 18.0 Å². The van der Waals surface area contributed by atoms with Crippen molar-refractivity contribution in [3.8, 4) is 0 Å². The summed E-state index contributed by atoms with van der Waals surface area (Å²) in [5.74, 6) is -1.53. The number of para-hydroxylation sites is 2. The minimum absolute atomic E-state index is 0.0521. The molecular formula is C20H19ClN2O5. The Morgan fingerprint density at radius 1 is 1.18 bits per heavy atom. The van der Waals surface area contributed by atoms with E-state index >= 15 is 0 Å². The van der Waals surface area contributed by atoms with Crippen LogP contribution in [0.5, 0.6) is 0 Å². The lowest BCUT2D eigenvalue weighted by Gasteiger charge is -2.14. The highest BCUT2D eigenvalue weighted by molar-refractivity contribution is 6.30. The average molecular weight is 403 g/mol. The number of amides is 1. The molecule has 0 bridgehead atoms. The largest absolute Gasteiger partial charge is 0.456 e. The Morgan fingerprint density at radius 2 is 1.89 bits per heavy atom. The van der Waals surface area contributed by atoms with Gasteiger partial charge in [-0.25, -0.2) is 4.79 Å². The van der Waals surface area contributed by atoms with E-state index in [1.165, 1.54) is 4.57 Å². The number of benzene rings is 2. The maximum Gasteiger partial charge on any atom is 0.419 e. The normalized spacial score (nSPS) is 11.9. The molecule has 28 heavy (non-hydrogen) atoms. The second-order valence-corrected chi connectivity index (χ2v) is 6.68. The van der Waals surface area contributed by atoms with E-state index in [0.29, 0.717) is 16.1 Å². The summed E-state index contributed by atoms with van der Waals surface area (Å²) in [6.07, 6.45) is -0.0521. The number of aryl methyl sites for hydroxylation is 1. The third-order valence-electron chi connectivity index (χ3n) is 4.22. The predicted octanol–water partition coefficient (Wildman–Crippen LogP) is 3.06. The van der Waals surface area contributed by atoms with Gasteiger partial charge in [-0.15, -0.1) is 0 Å². The molecule has 3 rings (SSSR count). The number of halogens is 1. The summed E-state index contributed by atoms with van der Waals surface area (Å²) >= 11 is 5.84. The van der Waals surface area contributed by atoms with Crippen molar-refractivity contribution in [2.45, 2.75) is 25.9 Å². The molecule has 0 spiro atoms. The van der Waals surface area contributed by atoms with Crippen LogP contribution in [0.4, 0.5) is 0 Å². The van der Waals surface area contributed by atoms with Crippen LogP contribution < -0.4 is 11.1 Å². The number of rotatable bonds is 7. The van der Waals surface area contributed by atoms with Crippen LogP contribution in [-0.4, -0.2) is 23.1 Å². The van der Waals surface area contributed by atoms with Gasteiger partial charge in [0.1, 0.15) is 0 Å². The van der Waals surface area contributed by atoms with Crippen LogP contribution in [0.3, 0.4) is 0 Å². The number of esters is 1. The Balaban J connectivity index is 1.47. The van der Waals surface area contributed by atoms with Crippen LogP contribution in [0.1, 0.15) is 24.9 Å². The van der Waals surface area contributed by atoms with E-state index in [4.69, 9.17) is 20.8 Å². The van der Waals surface area contributed by atoms with Gasteiger partial charge in [0.2, 0.25) is 0 Å². The fourth-order valence-corrected chi connectivity index (χ4v) is 2.89. The van der Waals surface area contributed by atoms with Gasteiger partial charge < -0.3 is 14.5 Å². The van der Waals surface area contributed by atoms with Gasteiger partial charge >= 0.3 is 11.7 Å². The second-order valence-electron chi connectivity index (χ2n) is 6.24. The zero-order valence-electron chi connectivity index (χ0n) is 15.2. The maximum absolute atomic E-state index is 12.0.